The Hall–Kier alpha value is -0.823. The molecule has 1 N–H and O–H groups in total. The van der Waals surface area contributed by atoms with E-state index in [0.29, 0.717) is 16.6 Å². The van der Waals surface area contributed by atoms with Crippen molar-refractivity contribution in [3.8, 4) is 12.3 Å². The van der Waals surface area contributed by atoms with E-state index in [1.165, 1.54) is 0 Å². The minimum Gasteiger partial charge on any atom is -0.402 e. The monoisotopic (exact) mass is 350 g/mol. The highest BCUT2D eigenvalue weighted by Gasteiger charge is 2.46. The molecule has 0 aliphatic heterocycles. The number of aliphatic hydroxyl groups is 1. The maximum absolute atomic E-state index is 9.16. The Balaban J connectivity index is 5.55. The lowest BCUT2D eigenvalue weighted by Gasteiger charge is -2.44. The maximum atomic E-state index is 9.16. The Morgan fingerprint density at radius 3 is 1.83 bits per heavy atom. The summed E-state index contributed by atoms with van der Waals surface area (Å²) in [6.07, 6.45) is 9.80. The molecule has 3 heteroatoms. The second kappa shape index (κ2) is 10.2. The van der Waals surface area contributed by atoms with Gasteiger partial charge in [0, 0.05) is 5.92 Å². The Bertz CT molecular complexity index is 459. The van der Waals surface area contributed by atoms with Crippen LogP contribution in [-0.2, 0) is 4.43 Å². The van der Waals surface area contributed by atoms with Gasteiger partial charge < -0.3 is 9.53 Å². The number of hydrogen-bond donors (Lipinski definition) is 1. The van der Waals surface area contributed by atoms with Crippen molar-refractivity contribution in [1.29, 1.82) is 0 Å². The van der Waals surface area contributed by atoms with Gasteiger partial charge in [-0.1, -0.05) is 72.1 Å². The average molecular weight is 351 g/mol. The SMILES string of the molecule is C#C[C@@H](O[Si](C(C)C)(C(C)C)C(C)C)[C@H](C)/C=C(C)/C=C(\C)CO. The number of hydrogen-bond acceptors (Lipinski definition) is 2. The van der Waals surface area contributed by atoms with Gasteiger partial charge in [0.05, 0.1) is 6.61 Å². The van der Waals surface area contributed by atoms with E-state index in [2.05, 4.69) is 60.5 Å². The van der Waals surface area contributed by atoms with Gasteiger partial charge in [-0.05, 0) is 36.0 Å². The van der Waals surface area contributed by atoms with Crippen LogP contribution in [-0.4, -0.2) is 26.1 Å². The third-order valence-electron chi connectivity index (χ3n) is 4.93. The zero-order valence-electron chi connectivity index (χ0n) is 17.2. The first kappa shape index (κ1) is 23.2. The van der Waals surface area contributed by atoms with Crippen LogP contribution in [0.2, 0.25) is 16.6 Å². The molecule has 0 aromatic carbocycles. The van der Waals surface area contributed by atoms with E-state index in [0.717, 1.165) is 11.1 Å². The Morgan fingerprint density at radius 2 is 1.50 bits per heavy atom. The molecular formula is C21H38O2Si. The Kier molecular flexibility index (Phi) is 9.88. The highest BCUT2D eigenvalue weighted by molar-refractivity contribution is 6.77. The Morgan fingerprint density at radius 1 is 1.04 bits per heavy atom. The molecule has 0 spiro atoms. The molecule has 0 aromatic rings. The zero-order chi connectivity index (χ0) is 19.1. The van der Waals surface area contributed by atoms with Crippen molar-refractivity contribution in [3.63, 3.8) is 0 Å². The lowest BCUT2D eigenvalue weighted by atomic mass is 10.0. The van der Waals surface area contributed by atoms with Crippen molar-refractivity contribution in [2.24, 2.45) is 5.92 Å². The van der Waals surface area contributed by atoms with Crippen molar-refractivity contribution in [2.75, 3.05) is 6.61 Å². The Labute approximate surface area is 151 Å². The fraction of sp³-hybridized carbons (Fsp3) is 0.714. The van der Waals surface area contributed by atoms with Gasteiger partial charge in [0.2, 0.25) is 8.32 Å². The normalized spacial score (nSPS) is 16.7. The summed E-state index contributed by atoms with van der Waals surface area (Å²) in [6, 6.07) is 0. The van der Waals surface area contributed by atoms with E-state index < -0.39 is 8.32 Å². The third-order valence-corrected chi connectivity index (χ3v) is 11.0. The summed E-state index contributed by atoms with van der Waals surface area (Å²) in [6.45, 7) is 19.8. The average Bonchev–Trinajstić information content (AvgIpc) is 2.46. The largest absolute Gasteiger partial charge is 0.402 e. The smallest absolute Gasteiger partial charge is 0.202 e. The quantitative estimate of drug-likeness (QED) is 0.328. The van der Waals surface area contributed by atoms with E-state index in [1.807, 2.05) is 19.9 Å². The molecule has 0 fully saturated rings. The molecule has 0 amide bonds. The van der Waals surface area contributed by atoms with Crippen LogP contribution < -0.4 is 0 Å². The van der Waals surface area contributed by atoms with Gasteiger partial charge >= 0.3 is 0 Å². The molecule has 0 radical (unpaired) electrons. The van der Waals surface area contributed by atoms with E-state index in [4.69, 9.17) is 16.0 Å². The summed E-state index contributed by atoms with van der Waals surface area (Å²) in [7, 11) is -1.99. The lowest BCUT2D eigenvalue weighted by Crippen LogP contribution is -2.50. The molecule has 0 bridgehead atoms. The highest BCUT2D eigenvalue weighted by atomic mass is 28.4. The van der Waals surface area contributed by atoms with Gasteiger partial charge in [0.15, 0.2) is 0 Å². The number of aliphatic hydroxyl groups excluding tert-OH is 1. The van der Waals surface area contributed by atoms with E-state index in [9.17, 15) is 0 Å². The van der Waals surface area contributed by atoms with Crippen LogP contribution in [0.4, 0.5) is 0 Å². The number of allylic oxidation sites excluding steroid dienone is 2. The standard InChI is InChI=1S/C21H38O2Si/c1-11-21(20(10)13-18(8)12-19(9)14-22)23-24(15(2)3,16(4)5)17(6)7/h1,12-13,15-17,20-22H,14H2,2-10H3/b18-13+,19-12+/t20-,21-/m1/s1. The molecule has 0 saturated carbocycles. The van der Waals surface area contributed by atoms with Crippen molar-refractivity contribution < 1.29 is 9.53 Å². The molecule has 0 rings (SSSR count). The van der Waals surface area contributed by atoms with Gasteiger partial charge in [0.1, 0.15) is 6.10 Å². The minimum atomic E-state index is -1.99. The minimum absolute atomic E-state index is 0.0820. The second-order valence-corrected chi connectivity index (χ2v) is 13.3. The van der Waals surface area contributed by atoms with Crippen LogP contribution in [0.3, 0.4) is 0 Å². The van der Waals surface area contributed by atoms with Crippen LogP contribution >= 0.6 is 0 Å². The summed E-state index contributed by atoms with van der Waals surface area (Å²) in [5, 5.41) is 9.16. The molecule has 2 nitrogen and oxygen atoms in total. The van der Waals surface area contributed by atoms with Crippen molar-refractivity contribution in [1.82, 2.24) is 0 Å². The number of rotatable bonds is 9. The first-order valence-electron chi connectivity index (χ1n) is 9.13. The van der Waals surface area contributed by atoms with E-state index in [1.54, 1.807) is 0 Å². The molecular weight excluding hydrogens is 312 g/mol. The second-order valence-electron chi connectivity index (χ2n) is 7.94. The van der Waals surface area contributed by atoms with Crippen LogP contribution in [0, 0.1) is 18.3 Å². The van der Waals surface area contributed by atoms with Crippen LogP contribution in [0.5, 0.6) is 0 Å². The molecule has 24 heavy (non-hydrogen) atoms. The van der Waals surface area contributed by atoms with Crippen LogP contribution in [0.15, 0.2) is 23.3 Å². The molecule has 2 atom stereocenters. The molecule has 0 heterocycles. The lowest BCUT2D eigenvalue weighted by molar-refractivity contribution is 0.191. The zero-order valence-corrected chi connectivity index (χ0v) is 18.2. The van der Waals surface area contributed by atoms with Crippen molar-refractivity contribution in [2.45, 2.75) is 85.0 Å². The number of terminal acetylenes is 1. The molecule has 0 aliphatic rings. The van der Waals surface area contributed by atoms with Gasteiger partial charge in [-0.3, -0.25) is 0 Å². The molecule has 0 saturated heterocycles. The fourth-order valence-electron chi connectivity index (χ4n) is 3.91. The predicted molar refractivity (Wildman–Crippen MR) is 109 cm³/mol. The third kappa shape index (κ3) is 5.92. The first-order valence-corrected chi connectivity index (χ1v) is 11.3. The van der Waals surface area contributed by atoms with Crippen molar-refractivity contribution in [3.05, 3.63) is 23.3 Å². The van der Waals surface area contributed by atoms with Gasteiger partial charge in [-0.25, -0.2) is 0 Å². The summed E-state index contributed by atoms with van der Waals surface area (Å²) >= 11 is 0. The molecule has 0 aliphatic carbocycles. The summed E-state index contributed by atoms with van der Waals surface area (Å²) < 4.78 is 6.75. The van der Waals surface area contributed by atoms with E-state index in [-0.39, 0.29) is 18.6 Å². The highest BCUT2D eigenvalue weighted by Crippen LogP contribution is 2.43. The van der Waals surface area contributed by atoms with Gasteiger partial charge in [-0.15, -0.1) is 6.42 Å². The summed E-state index contributed by atoms with van der Waals surface area (Å²) in [5.74, 6) is 3.03. The first-order chi connectivity index (χ1) is 11.0. The van der Waals surface area contributed by atoms with Gasteiger partial charge in [-0.2, -0.15) is 0 Å². The van der Waals surface area contributed by atoms with Gasteiger partial charge in [0.25, 0.3) is 0 Å². The molecule has 0 aromatic heterocycles. The van der Waals surface area contributed by atoms with E-state index >= 15 is 0 Å². The van der Waals surface area contributed by atoms with Crippen LogP contribution in [0.1, 0.15) is 62.3 Å². The van der Waals surface area contributed by atoms with Crippen LogP contribution in [0.25, 0.3) is 0 Å². The fourth-order valence-corrected chi connectivity index (χ4v) is 9.44. The molecule has 138 valence electrons. The molecule has 0 unspecified atom stereocenters. The predicted octanol–water partition coefficient (Wildman–Crippen LogP) is 5.70. The topological polar surface area (TPSA) is 29.5 Å². The maximum Gasteiger partial charge on any atom is 0.202 e. The summed E-state index contributed by atoms with van der Waals surface area (Å²) in [4.78, 5) is 0. The van der Waals surface area contributed by atoms with Crippen molar-refractivity contribution >= 4 is 8.32 Å². The summed E-state index contributed by atoms with van der Waals surface area (Å²) in [5.41, 5.74) is 3.61.